The molecule has 25 heavy (non-hydrogen) atoms. The number of methoxy groups -OCH3 is 2. The minimum Gasteiger partial charge on any atom is -0.497 e. The van der Waals surface area contributed by atoms with E-state index in [0.29, 0.717) is 29.9 Å². The zero-order chi connectivity index (χ0) is 17.4. The molecule has 1 aromatic carbocycles. The Balaban J connectivity index is 0.00000225. The molecule has 1 aliphatic heterocycles. The highest BCUT2D eigenvalue weighted by molar-refractivity contribution is 6.01. The Bertz CT molecular complexity index is 804. The topological polar surface area (TPSA) is 95.0 Å². The van der Waals surface area contributed by atoms with Crippen LogP contribution in [0.2, 0.25) is 0 Å². The minimum absolute atomic E-state index is 0. The predicted molar refractivity (Wildman–Crippen MR) is 94.2 cm³/mol. The van der Waals surface area contributed by atoms with E-state index in [1.165, 1.54) is 12.0 Å². The van der Waals surface area contributed by atoms with E-state index >= 15 is 0 Å². The van der Waals surface area contributed by atoms with Gasteiger partial charge in [-0.1, -0.05) is 0 Å². The van der Waals surface area contributed by atoms with Gasteiger partial charge >= 0.3 is 5.97 Å². The van der Waals surface area contributed by atoms with Crippen LogP contribution in [0.4, 0.5) is 0 Å². The van der Waals surface area contributed by atoms with Gasteiger partial charge in [-0.25, -0.2) is 4.79 Å². The highest BCUT2D eigenvalue weighted by Crippen LogP contribution is 2.31. The number of carbonyl (C=O) groups is 2. The summed E-state index contributed by atoms with van der Waals surface area (Å²) in [6.07, 6.45) is 0.380. The number of carbonyl (C=O) groups excluding carboxylic acids is 2. The Morgan fingerprint density at radius 1 is 1.32 bits per heavy atom. The maximum atomic E-state index is 12.9. The maximum absolute atomic E-state index is 12.9. The summed E-state index contributed by atoms with van der Waals surface area (Å²) in [5.74, 6) is 0.0695. The van der Waals surface area contributed by atoms with Crippen LogP contribution in [0.25, 0.3) is 11.0 Å². The fourth-order valence-electron chi connectivity index (χ4n) is 3.11. The second kappa shape index (κ2) is 7.33. The quantitative estimate of drug-likeness (QED) is 0.831. The molecule has 7 nitrogen and oxygen atoms in total. The molecule has 0 spiro atoms. The Morgan fingerprint density at radius 2 is 2.04 bits per heavy atom. The maximum Gasteiger partial charge on any atom is 0.328 e. The summed E-state index contributed by atoms with van der Waals surface area (Å²) in [6.45, 7) is 2.10. The molecule has 2 heterocycles. The zero-order valence-electron chi connectivity index (χ0n) is 14.3. The third kappa shape index (κ3) is 3.29. The summed E-state index contributed by atoms with van der Waals surface area (Å²) in [6, 6.07) is 4.40. The molecule has 0 radical (unpaired) electrons. The Kier molecular flexibility index (Phi) is 5.59. The molecular formula is C17H21ClN2O5. The molecule has 1 amide bonds. The molecule has 1 aromatic heterocycles. The first kappa shape index (κ1) is 19.1. The van der Waals surface area contributed by atoms with Gasteiger partial charge in [-0.2, -0.15) is 0 Å². The average Bonchev–Trinajstić information content (AvgIpc) is 3.14. The van der Waals surface area contributed by atoms with E-state index in [4.69, 9.17) is 19.6 Å². The van der Waals surface area contributed by atoms with Gasteiger partial charge in [0.15, 0.2) is 5.76 Å². The molecular weight excluding hydrogens is 348 g/mol. The molecule has 3 rings (SSSR count). The molecule has 8 heteroatoms. The second-order valence-corrected chi connectivity index (χ2v) is 5.91. The van der Waals surface area contributed by atoms with Crippen LogP contribution in [-0.2, 0) is 9.53 Å². The largest absolute Gasteiger partial charge is 0.497 e. The monoisotopic (exact) mass is 368 g/mol. The Hall–Kier alpha value is -2.25. The third-order valence-corrected chi connectivity index (χ3v) is 4.41. The van der Waals surface area contributed by atoms with Gasteiger partial charge < -0.3 is 24.5 Å². The van der Waals surface area contributed by atoms with Crippen LogP contribution < -0.4 is 10.5 Å². The van der Waals surface area contributed by atoms with Crippen LogP contribution in [-0.4, -0.2) is 49.6 Å². The van der Waals surface area contributed by atoms with Gasteiger partial charge in [0.1, 0.15) is 17.4 Å². The van der Waals surface area contributed by atoms with Gasteiger partial charge in [-0.15, -0.1) is 12.4 Å². The number of esters is 1. The van der Waals surface area contributed by atoms with Crippen molar-refractivity contribution < 1.29 is 23.5 Å². The predicted octanol–water partition coefficient (Wildman–Crippen LogP) is 1.89. The molecule has 1 aliphatic rings. The molecule has 0 aliphatic carbocycles. The van der Waals surface area contributed by atoms with E-state index in [-0.39, 0.29) is 30.1 Å². The molecule has 2 aromatic rings. The van der Waals surface area contributed by atoms with Gasteiger partial charge in [0.25, 0.3) is 5.91 Å². The standard InChI is InChI=1S/C17H20N2O5.ClH/c1-9-12-7-11(22-2)4-5-14(12)24-15(9)16(20)19-8-10(18)6-13(19)17(21)23-3;/h4-5,7,10,13H,6,8,18H2,1-3H3;1H. The number of amides is 1. The highest BCUT2D eigenvalue weighted by atomic mass is 35.5. The lowest BCUT2D eigenvalue weighted by Crippen LogP contribution is -2.41. The average molecular weight is 369 g/mol. The minimum atomic E-state index is -0.681. The first-order chi connectivity index (χ1) is 11.5. The number of ether oxygens (including phenoxy) is 2. The fraction of sp³-hybridized carbons (Fsp3) is 0.412. The molecule has 0 bridgehead atoms. The molecule has 136 valence electrons. The lowest BCUT2D eigenvalue weighted by molar-refractivity contribution is -0.145. The fourth-order valence-corrected chi connectivity index (χ4v) is 3.11. The van der Waals surface area contributed by atoms with Crippen LogP contribution in [0.3, 0.4) is 0 Å². The number of nitrogens with zero attached hydrogens (tertiary/aromatic N) is 1. The number of hydrogen-bond donors (Lipinski definition) is 1. The van der Waals surface area contributed by atoms with Crippen LogP contribution in [0.1, 0.15) is 22.5 Å². The van der Waals surface area contributed by atoms with Gasteiger partial charge in [0.05, 0.1) is 14.2 Å². The summed E-state index contributed by atoms with van der Waals surface area (Å²) in [4.78, 5) is 26.3. The Morgan fingerprint density at radius 3 is 2.68 bits per heavy atom. The zero-order valence-corrected chi connectivity index (χ0v) is 15.1. The molecule has 1 fully saturated rings. The van der Waals surface area contributed by atoms with Crippen molar-refractivity contribution >= 4 is 35.3 Å². The number of benzene rings is 1. The van der Waals surface area contributed by atoms with Crippen molar-refractivity contribution in [2.75, 3.05) is 20.8 Å². The first-order valence-corrected chi connectivity index (χ1v) is 7.67. The van der Waals surface area contributed by atoms with Crippen molar-refractivity contribution in [3.63, 3.8) is 0 Å². The molecule has 2 atom stereocenters. The Labute approximate surface area is 151 Å². The van der Waals surface area contributed by atoms with E-state index in [9.17, 15) is 9.59 Å². The number of nitrogens with two attached hydrogens (primary N) is 1. The third-order valence-electron chi connectivity index (χ3n) is 4.41. The second-order valence-electron chi connectivity index (χ2n) is 5.91. The normalized spacial score (nSPS) is 19.6. The lowest BCUT2D eigenvalue weighted by atomic mass is 10.1. The number of aryl methyl sites for hydroxylation is 1. The van der Waals surface area contributed by atoms with Crippen LogP contribution in [0.15, 0.2) is 22.6 Å². The number of likely N-dealkylation sites (tertiary alicyclic amines) is 1. The van der Waals surface area contributed by atoms with Crippen molar-refractivity contribution in [2.24, 2.45) is 5.73 Å². The summed E-state index contributed by atoms with van der Waals surface area (Å²) < 4.78 is 15.7. The number of halogens is 1. The summed E-state index contributed by atoms with van der Waals surface area (Å²) in [5, 5.41) is 0.802. The van der Waals surface area contributed by atoms with Crippen molar-refractivity contribution in [1.29, 1.82) is 0 Å². The highest BCUT2D eigenvalue weighted by Gasteiger charge is 2.40. The number of hydrogen-bond acceptors (Lipinski definition) is 6. The summed E-state index contributed by atoms with van der Waals surface area (Å²) in [7, 11) is 2.88. The molecule has 2 N–H and O–H groups in total. The van der Waals surface area contributed by atoms with Crippen molar-refractivity contribution in [1.82, 2.24) is 4.90 Å². The summed E-state index contributed by atoms with van der Waals surface area (Å²) >= 11 is 0. The van der Waals surface area contributed by atoms with E-state index in [2.05, 4.69) is 0 Å². The van der Waals surface area contributed by atoms with E-state index in [0.717, 1.165) is 5.39 Å². The SMILES string of the molecule is COC(=O)C1CC(N)CN1C(=O)c1oc2ccc(OC)cc2c1C.Cl. The van der Waals surface area contributed by atoms with Gasteiger partial charge in [0.2, 0.25) is 0 Å². The van der Waals surface area contributed by atoms with Gasteiger partial charge in [0, 0.05) is 23.5 Å². The van der Waals surface area contributed by atoms with Crippen molar-refractivity contribution in [3.05, 3.63) is 29.5 Å². The first-order valence-electron chi connectivity index (χ1n) is 7.67. The number of furan rings is 1. The molecule has 2 unspecified atom stereocenters. The lowest BCUT2D eigenvalue weighted by Gasteiger charge is -2.21. The van der Waals surface area contributed by atoms with Crippen molar-refractivity contribution in [2.45, 2.75) is 25.4 Å². The van der Waals surface area contributed by atoms with E-state index < -0.39 is 12.0 Å². The van der Waals surface area contributed by atoms with Gasteiger partial charge in [-0.3, -0.25) is 4.79 Å². The van der Waals surface area contributed by atoms with Crippen LogP contribution in [0.5, 0.6) is 5.75 Å². The van der Waals surface area contributed by atoms with Crippen molar-refractivity contribution in [3.8, 4) is 5.75 Å². The summed E-state index contributed by atoms with van der Waals surface area (Å²) in [5.41, 5.74) is 7.22. The number of fused-ring (bicyclic) bond motifs is 1. The van der Waals surface area contributed by atoms with E-state index in [1.54, 1.807) is 19.2 Å². The van der Waals surface area contributed by atoms with Crippen LogP contribution in [0, 0.1) is 6.92 Å². The smallest absolute Gasteiger partial charge is 0.328 e. The van der Waals surface area contributed by atoms with Gasteiger partial charge in [-0.05, 0) is 31.5 Å². The van der Waals surface area contributed by atoms with E-state index in [1.807, 2.05) is 13.0 Å². The molecule has 0 saturated carbocycles. The number of rotatable bonds is 3. The molecule has 1 saturated heterocycles. The van der Waals surface area contributed by atoms with Crippen LogP contribution >= 0.6 is 12.4 Å².